The molecule has 3 heteroatoms. The van der Waals surface area contributed by atoms with E-state index in [0.29, 0.717) is 0 Å². The molecule has 0 aliphatic carbocycles. The molecule has 0 atom stereocenters. The van der Waals surface area contributed by atoms with Crippen LogP contribution in [-0.4, -0.2) is 9.97 Å². The maximum Gasteiger partial charge on any atom is 0.0728 e. The Balaban J connectivity index is 1.48. The average molecular weight is 455 g/mol. The molecular formula is C31H23N2P. The molecule has 6 rings (SSSR count). The summed E-state index contributed by atoms with van der Waals surface area (Å²) in [6.45, 7) is 0. The minimum Gasteiger partial charge on any atom is -0.355 e. The van der Waals surface area contributed by atoms with Gasteiger partial charge in [-0.15, -0.1) is 0 Å². The summed E-state index contributed by atoms with van der Waals surface area (Å²) in [5.74, 6) is 0. The third-order valence-corrected chi connectivity index (χ3v) is 8.35. The molecule has 0 spiro atoms. The highest BCUT2D eigenvalue weighted by Crippen LogP contribution is 2.35. The number of benzene rings is 4. The molecule has 0 fully saturated rings. The highest BCUT2D eigenvalue weighted by molar-refractivity contribution is 7.79. The number of para-hydroxylation sites is 1. The molecule has 162 valence electrons. The van der Waals surface area contributed by atoms with Crippen molar-refractivity contribution in [3.8, 4) is 22.5 Å². The van der Waals surface area contributed by atoms with Gasteiger partial charge in [0, 0.05) is 35.6 Å². The molecule has 0 bridgehead atoms. The monoisotopic (exact) mass is 454 g/mol. The van der Waals surface area contributed by atoms with Gasteiger partial charge in [-0.05, 0) is 34.9 Å². The number of H-pyrrole nitrogens is 1. The summed E-state index contributed by atoms with van der Waals surface area (Å²) in [6.07, 6.45) is 0. The van der Waals surface area contributed by atoms with E-state index in [1.807, 2.05) is 0 Å². The molecule has 0 aliphatic rings. The largest absolute Gasteiger partial charge is 0.355 e. The second-order valence-corrected chi connectivity index (χ2v) is 10.4. The molecule has 0 radical (unpaired) electrons. The smallest absolute Gasteiger partial charge is 0.0728 e. The maximum absolute atomic E-state index is 5.25. The summed E-state index contributed by atoms with van der Waals surface area (Å²) in [5, 5.41) is 3.82. The van der Waals surface area contributed by atoms with Crippen LogP contribution in [0.2, 0.25) is 0 Å². The van der Waals surface area contributed by atoms with Crippen LogP contribution in [0.15, 0.2) is 133 Å². The van der Waals surface area contributed by atoms with Crippen LogP contribution in [0.1, 0.15) is 0 Å². The van der Waals surface area contributed by atoms with Crippen LogP contribution in [0.25, 0.3) is 33.4 Å². The first kappa shape index (κ1) is 20.6. The standard InChI is InChI=1S/C31H23N2P/c1-3-13-24(14-4-1)34(25-15-5-2-6-16-25)31-21-11-20-29(33-31)26-17-8-9-18-27(26)30-22-23-12-7-10-19-28(23)32-30/h1-22,32H. The van der Waals surface area contributed by atoms with Crippen LogP contribution in [0, 0.1) is 0 Å². The minimum atomic E-state index is -0.752. The van der Waals surface area contributed by atoms with E-state index in [9.17, 15) is 0 Å². The van der Waals surface area contributed by atoms with E-state index < -0.39 is 7.92 Å². The van der Waals surface area contributed by atoms with Gasteiger partial charge in [0.25, 0.3) is 0 Å². The Hall–Kier alpha value is -4.00. The van der Waals surface area contributed by atoms with Crippen molar-refractivity contribution in [3.05, 3.63) is 133 Å². The number of rotatable bonds is 5. The highest BCUT2D eigenvalue weighted by atomic mass is 31.1. The van der Waals surface area contributed by atoms with E-state index in [2.05, 4.69) is 138 Å². The second kappa shape index (κ2) is 9.09. The van der Waals surface area contributed by atoms with Gasteiger partial charge in [-0.1, -0.05) is 109 Å². The highest BCUT2D eigenvalue weighted by Gasteiger charge is 2.19. The SMILES string of the molecule is c1ccc(P(c2ccccc2)c2cccc(-c3ccccc3-c3cc4ccccc4[nH]3)n2)cc1. The predicted molar refractivity (Wildman–Crippen MR) is 146 cm³/mol. The summed E-state index contributed by atoms with van der Waals surface area (Å²) in [6, 6.07) is 47.0. The average Bonchev–Trinajstić information content (AvgIpc) is 3.35. The van der Waals surface area contributed by atoms with Crippen molar-refractivity contribution >= 4 is 34.9 Å². The van der Waals surface area contributed by atoms with E-state index >= 15 is 0 Å². The molecule has 2 nitrogen and oxygen atoms in total. The Morgan fingerprint density at radius 2 is 1.15 bits per heavy atom. The number of hydrogen-bond acceptors (Lipinski definition) is 1. The Labute approximate surface area is 200 Å². The third kappa shape index (κ3) is 3.94. The molecule has 2 heterocycles. The summed E-state index contributed by atoms with van der Waals surface area (Å²) in [5.41, 5.74) is 6.64. The van der Waals surface area contributed by atoms with Crippen LogP contribution in [-0.2, 0) is 0 Å². The van der Waals surface area contributed by atoms with E-state index in [0.717, 1.165) is 33.5 Å². The number of pyridine rings is 1. The number of nitrogens with one attached hydrogen (secondary N) is 1. The first-order valence-electron chi connectivity index (χ1n) is 11.4. The molecule has 34 heavy (non-hydrogen) atoms. The lowest BCUT2D eigenvalue weighted by molar-refractivity contribution is 1.37. The maximum atomic E-state index is 5.25. The number of fused-ring (bicyclic) bond motifs is 1. The first-order valence-corrected chi connectivity index (χ1v) is 12.8. The van der Waals surface area contributed by atoms with Gasteiger partial charge in [0.05, 0.1) is 11.1 Å². The van der Waals surface area contributed by atoms with Gasteiger partial charge >= 0.3 is 0 Å². The van der Waals surface area contributed by atoms with Crippen molar-refractivity contribution in [2.24, 2.45) is 0 Å². The molecule has 0 aliphatic heterocycles. The molecular weight excluding hydrogens is 431 g/mol. The molecule has 6 aromatic rings. The van der Waals surface area contributed by atoms with Crippen molar-refractivity contribution in [1.29, 1.82) is 0 Å². The zero-order valence-corrected chi connectivity index (χ0v) is 19.5. The lowest BCUT2D eigenvalue weighted by atomic mass is 10.0. The van der Waals surface area contributed by atoms with Gasteiger partial charge in [-0.3, -0.25) is 0 Å². The summed E-state index contributed by atoms with van der Waals surface area (Å²) in [4.78, 5) is 8.84. The van der Waals surface area contributed by atoms with Crippen LogP contribution < -0.4 is 16.0 Å². The zero-order valence-electron chi connectivity index (χ0n) is 18.6. The fourth-order valence-corrected chi connectivity index (χ4v) is 6.64. The number of aromatic nitrogens is 2. The summed E-state index contributed by atoms with van der Waals surface area (Å²) < 4.78 is 0. The predicted octanol–water partition coefficient (Wildman–Crippen LogP) is 6.66. The second-order valence-electron chi connectivity index (χ2n) is 8.20. The topological polar surface area (TPSA) is 28.7 Å². The Bertz CT molecular complexity index is 1480. The van der Waals surface area contributed by atoms with Gasteiger partial charge in [0.1, 0.15) is 0 Å². The Kier molecular flexibility index (Phi) is 5.51. The minimum absolute atomic E-state index is 0.752. The Morgan fingerprint density at radius 3 is 1.85 bits per heavy atom. The number of aromatic amines is 1. The molecule has 2 aromatic heterocycles. The number of hydrogen-bond donors (Lipinski definition) is 1. The van der Waals surface area contributed by atoms with Crippen molar-refractivity contribution in [2.45, 2.75) is 0 Å². The van der Waals surface area contributed by atoms with E-state index in [1.54, 1.807) is 0 Å². The summed E-state index contributed by atoms with van der Waals surface area (Å²) >= 11 is 0. The molecule has 4 aromatic carbocycles. The first-order chi connectivity index (χ1) is 16.9. The lowest BCUT2D eigenvalue weighted by Crippen LogP contribution is -2.22. The normalized spacial score (nSPS) is 11.2. The molecule has 0 saturated carbocycles. The quantitative estimate of drug-likeness (QED) is 0.290. The lowest BCUT2D eigenvalue weighted by Gasteiger charge is -2.19. The fourth-order valence-electron chi connectivity index (χ4n) is 4.43. The van der Waals surface area contributed by atoms with Crippen LogP contribution in [0.3, 0.4) is 0 Å². The number of nitrogens with zero attached hydrogens (tertiary/aromatic N) is 1. The van der Waals surface area contributed by atoms with Crippen molar-refractivity contribution < 1.29 is 0 Å². The summed E-state index contributed by atoms with van der Waals surface area (Å²) in [7, 11) is -0.752. The van der Waals surface area contributed by atoms with Gasteiger partial charge in [-0.2, -0.15) is 0 Å². The van der Waals surface area contributed by atoms with Crippen LogP contribution in [0.5, 0.6) is 0 Å². The van der Waals surface area contributed by atoms with Crippen LogP contribution >= 0.6 is 7.92 Å². The Morgan fingerprint density at radius 1 is 0.529 bits per heavy atom. The molecule has 0 amide bonds. The molecule has 1 N–H and O–H groups in total. The fraction of sp³-hybridized carbons (Fsp3) is 0. The van der Waals surface area contributed by atoms with Gasteiger partial charge in [-0.25, -0.2) is 4.98 Å². The van der Waals surface area contributed by atoms with Crippen molar-refractivity contribution in [3.63, 3.8) is 0 Å². The third-order valence-electron chi connectivity index (χ3n) is 6.02. The molecule has 0 saturated heterocycles. The van der Waals surface area contributed by atoms with Crippen molar-refractivity contribution in [1.82, 2.24) is 9.97 Å². The van der Waals surface area contributed by atoms with Crippen molar-refractivity contribution in [2.75, 3.05) is 0 Å². The van der Waals surface area contributed by atoms with Crippen LogP contribution in [0.4, 0.5) is 0 Å². The van der Waals surface area contributed by atoms with E-state index in [1.165, 1.54) is 16.0 Å². The van der Waals surface area contributed by atoms with Gasteiger partial charge < -0.3 is 4.98 Å². The van der Waals surface area contributed by atoms with Gasteiger partial charge in [0.2, 0.25) is 0 Å². The molecule has 0 unspecified atom stereocenters. The zero-order chi connectivity index (χ0) is 22.7. The van der Waals surface area contributed by atoms with E-state index in [4.69, 9.17) is 4.98 Å². The van der Waals surface area contributed by atoms with E-state index in [-0.39, 0.29) is 0 Å². The van der Waals surface area contributed by atoms with Gasteiger partial charge in [0.15, 0.2) is 0 Å².